The number of quaternary nitrogens is 1. The van der Waals surface area contributed by atoms with Gasteiger partial charge in [0.2, 0.25) is 5.91 Å². The van der Waals surface area contributed by atoms with E-state index in [1.165, 1.54) is 128 Å². The molecule has 0 bridgehead atoms. The number of allylic oxidation sites excluding steroid dienone is 7. The molecule has 1 N–H and O–H groups in total. The molecule has 0 aromatic carbocycles. The van der Waals surface area contributed by atoms with Gasteiger partial charge in [-0.3, -0.25) is 14.2 Å². The molecule has 0 rings (SSSR count). The van der Waals surface area contributed by atoms with Crippen LogP contribution >= 0.6 is 7.82 Å². The molecule has 0 aliphatic heterocycles. The zero-order valence-corrected chi connectivity index (χ0v) is 46.9. The van der Waals surface area contributed by atoms with Crippen molar-refractivity contribution in [2.24, 2.45) is 0 Å². The number of likely N-dealkylation sites (N-methyl/N-ethyl adjacent to an activating group) is 1. The average molecular weight is 992 g/mol. The van der Waals surface area contributed by atoms with Crippen LogP contribution in [0.15, 0.2) is 48.6 Å². The van der Waals surface area contributed by atoms with Crippen molar-refractivity contribution in [1.29, 1.82) is 0 Å². The van der Waals surface area contributed by atoms with E-state index in [1.807, 2.05) is 33.3 Å². The molecule has 0 aromatic rings. The second-order valence-corrected chi connectivity index (χ2v) is 22.2. The summed E-state index contributed by atoms with van der Waals surface area (Å²) in [5.74, 6) is -0.553. The number of nitrogens with zero attached hydrogens (tertiary/aromatic N) is 1. The minimum Gasteiger partial charge on any atom is -0.756 e. The Hall–Kier alpha value is -2.03. The number of unbranched alkanes of at least 4 members (excludes halogenated alkanes) is 30. The summed E-state index contributed by atoms with van der Waals surface area (Å²) in [6.07, 6.45) is 59.3. The molecular formula is C59H111N2O7P. The smallest absolute Gasteiger partial charge is 0.306 e. The van der Waals surface area contributed by atoms with E-state index < -0.39 is 26.6 Å². The summed E-state index contributed by atoms with van der Waals surface area (Å²) in [6, 6.07) is -0.891. The van der Waals surface area contributed by atoms with Crippen LogP contribution in [-0.4, -0.2) is 69.4 Å². The second kappa shape index (κ2) is 49.5. The number of esters is 1. The van der Waals surface area contributed by atoms with Gasteiger partial charge in [0.05, 0.1) is 33.8 Å². The highest BCUT2D eigenvalue weighted by molar-refractivity contribution is 7.45. The Morgan fingerprint density at radius 3 is 1.39 bits per heavy atom. The molecule has 9 nitrogen and oxygen atoms in total. The SMILES string of the molecule is CCCC/C=C\CCCCCCCC(=O)OC(/C=C/CCCCCCCCCCCCC)C(COP(=O)([O-])OCC[N+](C)(C)C)NC(=O)CCCCCCCCCCC/C=C\C/C=C\CCCCC. The molecule has 0 spiro atoms. The standard InChI is InChI=1S/C59H111N2O7P/c1-7-10-13-16-19-22-25-27-28-29-30-31-32-34-37-39-42-45-48-51-58(62)60-56(55-67-69(64,65)66-54-53-61(4,5)6)57(50-47-44-41-38-36-33-26-23-20-17-14-11-8-2)68-59(63)52-49-46-43-40-35-24-21-18-15-12-9-3/h18-19,21-22,27-28,47,50,56-57H,7-17,20,23-26,29-46,48-49,51-55H2,1-6H3,(H-,60,62,64,65)/b21-18-,22-19-,28-27-,50-47+. The normalized spacial score (nSPS) is 14.1. The van der Waals surface area contributed by atoms with Crippen LogP contribution < -0.4 is 10.2 Å². The highest BCUT2D eigenvalue weighted by atomic mass is 31.2. The minimum atomic E-state index is -4.69. The quantitative estimate of drug-likeness (QED) is 0.0212. The molecule has 0 saturated carbocycles. The van der Waals surface area contributed by atoms with Gasteiger partial charge in [-0.25, -0.2) is 0 Å². The lowest BCUT2D eigenvalue weighted by Crippen LogP contribution is -2.47. The van der Waals surface area contributed by atoms with E-state index in [-0.39, 0.29) is 24.9 Å². The van der Waals surface area contributed by atoms with Crippen LogP contribution in [0.3, 0.4) is 0 Å². The van der Waals surface area contributed by atoms with Crippen LogP contribution in [-0.2, 0) is 27.9 Å². The molecule has 404 valence electrons. The first kappa shape index (κ1) is 67.0. The number of rotatable bonds is 52. The largest absolute Gasteiger partial charge is 0.756 e. The third-order valence-corrected chi connectivity index (χ3v) is 13.7. The molecule has 3 unspecified atom stereocenters. The molecule has 0 heterocycles. The summed E-state index contributed by atoms with van der Waals surface area (Å²) >= 11 is 0. The van der Waals surface area contributed by atoms with E-state index in [9.17, 15) is 19.0 Å². The Bertz CT molecular complexity index is 1330. The van der Waals surface area contributed by atoms with Crippen molar-refractivity contribution in [3.05, 3.63) is 48.6 Å². The Morgan fingerprint density at radius 2 is 0.899 bits per heavy atom. The summed E-state index contributed by atoms with van der Waals surface area (Å²) in [5.41, 5.74) is 0. The van der Waals surface area contributed by atoms with Crippen molar-refractivity contribution >= 4 is 19.7 Å². The van der Waals surface area contributed by atoms with E-state index in [1.54, 1.807) is 0 Å². The van der Waals surface area contributed by atoms with Crippen molar-refractivity contribution in [1.82, 2.24) is 5.32 Å². The van der Waals surface area contributed by atoms with Gasteiger partial charge in [0.15, 0.2) is 0 Å². The van der Waals surface area contributed by atoms with Crippen molar-refractivity contribution in [3.63, 3.8) is 0 Å². The van der Waals surface area contributed by atoms with Gasteiger partial charge in [-0.15, -0.1) is 0 Å². The molecule has 3 atom stereocenters. The van der Waals surface area contributed by atoms with Gasteiger partial charge < -0.3 is 28.5 Å². The molecule has 0 saturated heterocycles. The first-order chi connectivity index (χ1) is 33.4. The van der Waals surface area contributed by atoms with Crippen LogP contribution in [0.5, 0.6) is 0 Å². The van der Waals surface area contributed by atoms with Gasteiger partial charge in [-0.2, -0.15) is 0 Å². The molecule has 69 heavy (non-hydrogen) atoms. The lowest BCUT2D eigenvalue weighted by atomic mass is 10.0. The van der Waals surface area contributed by atoms with Crippen LogP contribution in [0.25, 0.3) is 0 Å². The number of hydrogen-bond acceptors (Lipinski definition) is 7. The fourth-order valence-electron chi connectivity index (χ4n) is 8.18. The fourth-order valence-corrected chi connectivity index (χ4v) is 8.90. The first-order valence-corrected chi connectivity index (χ1v) is 30.4. The van der Waals surface area contributed by atoms with Crippen molar-refractivity contribution < 1.29 is 37.3 Å². The second-order valence-electron chi connectivity index (χ2n) is 20.8. The number of ether oxygens (including phenoxy) is 1. The van der Waals surface area contributed by atoms with Crippen molar-refractivity contribution in [3.8, 4) is 0 Å². The number of phosphoric acid groups is 1. The molecule has 0 radical (unpaired) electrons. The molecule has 0 fully saturated rings. The number of amides is 1. The Kier molecular flexibility index (Phi) is 48.1. The lowest BCUT2D eigenvalue weighted by Gasteiger charge is -2.30. The molecule has 0 aromatic heterocycles. The molecule has 0 aliphatic carbocycles. The predicted molar refractivity (Wildman–Crippen MR) is 293 cm³/mol. The molecule has 0 aliphatic rings. The predicted octanol–water partition coefficient (Wildman–Crippen LogP) is 16.7. The third kappa shape index (κ3) is 50.7. The minimum absolute atomic E-state index is 0.0244. The summed E-state index contributed by atoms with van der Waals surface area (Å²) in [4.78, 5) is 39.8. The van der Waals surface area contributed by atoms with Gasteiger partial charge >= 0.3 is 5.97 Å². The van der Waals surface area contributed by atoms with Crippen LogP contribution in [0, 0.1) is 0 Å². The van der Waals surface area contributed by atoms with E-state index >= 15 is 0 Å². The van der Waals surface area contributed by atoms with Crippen molar-refractivity contribution in [2.75, 3.05) is 40.9 Å². The topological polar surface area (TPSA) is 114 Å². The number of phosphoric ester groups is 1. The van der Waals surface area contributed by atoms with E-state index in [0.717, 1.165) is 103 Å². The number of carbonyl (C=O) groups excluding carboxylic acids is 2. The first-order valence-electron chi connectivity index (χ1n) is 28.9. The highest BCUT2D eigenvalue weighted by Crippen LogP contribution is 2.38. The van der Waals surface area contributed by atoms with Crippen molar-refractivity contribution in [2.45, 2.75) is 277 Å². The maximum Gasteiger partial charge on any atom is 0.306 e. The summed E-state index contributed by atoms with van der Waals surface area (Å²) in [5, 5.41) is 3.02. The Morgan fingerprint density at radius 1 is 0.507 bits per heavy atom. The summed E-state index contributed by atoms with van der Waals surface area (Å²) in [6.45, 7) is 6.78. The maximum absolute atomic E-state index is 13.5. The Labute approximate surface area is 427 Å². The fraction of sp³-hybridized carbons (Fsp3) is 0.831. The van der Waals surface area contributed by atoms with Crippen LogP contribution in [0.2, 0.25) is 0 Å². The van der Waals surface area contributed by atoms with Crippen LogP contribution in [0.4, 0.5) is 0 Å². The Balaban J connectivity index is 5.30. The average Bonchev–Trinajstić information content (AvgIpc) is 3.31. The molecule has 1 amide bonds. The van der Waals surface area contributed by atoms with Gasteiger partial charge in [-0.1, -0.05) is 217 Å². The number of carbonyl (C=O) groups is 2. The summed E-state index contributed by atoms with van der Waals surface area (Å²) in [7, 11) is 1.18. The zero-order valence-electron chi connectivity index (χ0n) is 46.0. The highest BCUT2D eigenvalue weighted by Gasteiger charge is 2.27. The number of nitrogens with one attached hydrogen (secondary N) is 1. The van der Waals surface area contributed by atoms with Gasteiger partial charge in [0.1, 0.15) is 19.3 Å². The summed E-state index contributed by atoms with van der Waals surface area (Å²) < 4.78 is 30.2. The van der Waals surface area contributed by atoms with Crippen LogP contribution in [0.1, 0.15) is 265 Å². The monoisotopic (exact) mass is 991 g/mol. The molecule has 10 heteroatoms. The number of hydrogen-bond donors (Lipinski definition) is 1. The van der Waals surface area contributed by atoms with E-state index in [2.05, 4.69) is 62.5 Å². The van der Waals surface area contributed by atoms with Gasteiger partial charge in [0, 0.05) is 12.8 Å². The van der Waals surface area contributed by atoms with E-state index in [0.29, 0.717) is 17.4 Å². The van der Waals surface area contributed by atoms with Gasteiger partial charge in [-0.05, 0) is 83.1 Å². The third-order valence-electron chi connectivity index (χ3n) is 12.7. The zero-order chi connectivity index (χ0) is 50.8. The van der Waals surface area contributed by atoms with E-state index in [4.69, 9.17) is 13.8 Å². The molecular weight excluding hydrogens is 880 g/mol. The lowest BCUT2D eigenvalue weighted by molar-refractivity contribution is -0.870. The van der Waals surface area contributed by atoms with Gasteiger partial charge in [0.25, 0.3) is 7.82 Å². The maximum atomic E-state index is 13.5.